The number of halogens is 1. The first-order chi connectivity index (χ1) is 9.56. The Hall–Kier alpha value is -0.580. The van der Waals surface area contributed by atoms with E-state index in [1.165, 1.54) is 0 Å². The van der Waals surface area contributed by atoms with Gasteiger partial charge in [0.25, 0.3) is 0 Å². The fourth-order valence-corrected chi connectivity index (χ4v) is 3.24. The lowest BCUT2D eigenvalue weighted by Crippen LogP contribution is -2.34. The molecule has 0 aliphatic carbocycles. The summed E-state index contributed by atoms with van der Waals surface area (Å²) in [4.78, 5) is 0. The van der Waals surface area contributed by atoms with E-state index in [1.54, 1.807) is 6.20 Å². The smallest absolute Gasteiger partial charge is 0.0834 e. The van der Waals surface area contributed by atoms with Crippen molar-refractivity contribution in [2.24, 2.45) is 5.92 Å². The van der Waals surface area contributed by atoms with E-state index in [1.807, 2.05) is 4.68 Å². The number of hydrogen-bond acceptors (Lipinski definition) is 3. The molecular formula is C15H26ClN3O. The van der Waals surface area contributed by atoms with Gasteiger partial charge in [0, 0.05) is 18.6 Å². The molecule has 1 aliphatic heterocycles. The van der Waals surface area contributed by atoms with Crippen molar-refractivity contribution in [1.82, 2.24) is 15.1 Å². The molecule has 0 saturated carbocycles. The highest BCUT2D eigenvalue weighted by Crippen LogP contribution is 2.37. The minimum Gasteiger partial charge on any atom is -0.378 e. The van der Waals surface area contributed by atoms with E-state index >= 15 is 0 Å². The minimum absolute atomic E-state index is 0.213. The second-order valence-electron chi connectivity index (χ2n) is 5.88. The minimum atomic E-state index is 0.213. The Kier molecular flexibility index (Phi) is 5.47. The summed E-state index contributed by atoms with van der Waals surface area (Å²) in [7, 11) is 0. The Morgan fingerprint density at radius 2 is 2.30 bits per heavy atom. The van der Waals surface area contributed by atoms with Crippen LogP contribution in [0.5, 0.6) is 0 Å². The largest absolute Gasteiger partial charge is 0.378 e. The van der Waals surface area contributed by atoms with Crippen molar-refractivity contribution in [3.05, 3.63) is 16.9 Å². The molecule has 0 spiro atoms. The Bertz CT molecular complexity index is 433. The van der Waals surface area contributed by atoms with E-state index in [2.05, 4.69) is 38.1 Å². The third-order valence-electron chi connectivity index (χ3n) is 4.05. The molecule has 1 aromatic rings. The molecule has 0 aromatic carbocycles. The van der Waals surface area contributed by atoms with Crippen LogP contribution >= 0.6 is 11.6 Å². The molecule has 2 rings (SSSR count). The molecule has 1 aromatic heterocycles. The predicted octanol–water partition coefficient (Wildman–Crippen LogP) is 3.58. The summed E-state index contributed by atoms with van der Waals surface area (Å²) in [5, 5.41) is 8.86. The molecule has 4 nitrogen and oxygen atoms in total. The molecule has 2 heterocycles. The Balaban J connectivity index is 2.32. The molecule has 1 fully saturated rings. The lowest BCUT2D eigenvalue weighted by molar-refractivity contribution is 0.0941. The maximum Gasteiger partial charge on any atom is 0.0834 e. The summed E-state index contributed by atoms with van der Waals surface area (Å²) in [5.74, 6) is 0.452. The van der Waals surface area contributed by atoms with Crippen LogP contribution in [0.1, 0.15) is 58.3 Å². The molecule has 0 bridgehead atoms. The standard InChI is InChI=1S/C15H26ClN3O/c1-5-7-17-14(12-6-8-20-11(12)4)15-13(16)9-18-19(15)10(2)3/h9-12,14,17H,5-8H2,1-4H3. The lowest BCUT2D eigenvalue weighted by Gasteiger charge is -2.29. The topological polar surface area (TPSA) is 39.1 Å². The molecular weight excluding hydrogens is 274 g/mol. The molecule has 1 N–H and O–H groups in total. The summed E-state index contributed by atoms with van der Waals surface area (Å²) in [5.41, 5.74) is 1.11. The molecule has 114 valence electrons. The van der Waals surface area contributed by atoms with Crippen molar-refractivity contribution < 1.29 is 4.74 Å². The summed E-state index contributed by atoms with van der Waals surface area (Å²) in [6.07, 6.45) is 4.20. The maximum atomic E-state index is 6.42. The third-order valence-corrected chi connectivity index (χ3v) is 4.34. The van der Waals surface area contributed by atoms with Crippen LogP contribution in [0.15, 0.2) is 6.20 Å². The highest BCUT2D eigenvalue weighted by molar-refractivity contribution is 6.31. The number of hydrogen-bond donors (Lipinski definition) is 1. The molecule has 3 atom stereocenters. The van der Waals surface area contributed by atoms with Gasteiger partial charge in [0.15, 0.2) is 0 Å². The van der Waals surface area contributed by atoms with Gasteiger partial charge in [0.05, 0.1) is 29.1 Å². The van der Waals surface area contributed by atoms with Crippen molar-refractivity contribution in [3.63, 3.8) is 0 Å². The van der Waals surface area contributed by atoms with E-state index in [0.29, 0.717) is 12.0 Å². The number of rotatable bonds is 6. The zero-order valence-corrected chi connectivity index (χ0v) is 13.7. The number of nitrogens with zero attached hydrogens (tertiary/aromatic N) is 2. The first-order valence-electron chi connectivity index (χ1n) is 7.64. The van der Waals surface area contributed by atoms with E-state index in [0.717, 1.165) is 36.7 Å². The van der Waals surface area contributed by atoms with Gasteiger partial charge in [-0.25, -0.2) is 0 Å². The van der Waals surface area contributed by atoms with Crippen LogP contribution in [-0.2, 0) is 4.74 Å². The van der Waals surface area contributed by atoms with E-state index in [9.17, 15) is 0 Å². The molecule has 0 radical (unpaired) electrons. The average Bonchev–Trinajstić information content (AvgIpc) is 2.98. The number of ether oxygens (including phenoxy) is 1. The predicted molar refractivity (Wildman–Crippen MR) is 82.2 cm³/mol. The van der Waals surface area contributed by atoms with Crippen LogP contribution in [-0.4, -0.2) is 29.0 Å². The van der Waals surface area contributed by atoms with Gasteiger partial charge in [-0.05, 0) is 40.2 Å². The van der Waals surface area contributed by atoms with Crippen molar-refractivity contribution in [2.75, 3.05) is 13.2 Å². The van der Waals surface area contributed by atoms with Gasteiger partial charge in [-0.3, -0.25) is 4.68 Å². The SMILES string of the molecule is CCCNC(c1c(Cl)cnn1C(C)C)C1CCOC1C. The highest BCUT2D eigenvalue weighted by Gasteiger charge is 2.35. The molecule has 1 aliphatic rings. The number of aromatic nitrogens is 2. The van der Waals surface area contributed by atoms with Crippen LogP contribution in [0.4, 0.5) is 0 Å². The van der Waals surface area contributed by atoms with Gasteiger partial charge >= 0.3 is 0 Å². The first-order valence-corrected chi connectivity index (χ1v) is 8.01. The van der Waals surface area contributed by atoms with Crippen molar-refractivity contribution in [2.45, 2.75) is 58.7 Å². The fourth-order valence-electron chi connectivity index (χ4n) is 2.99. The summed E-state index contributed by atoms with van der Waals surface area (Å²) in [6.45, 7) is 10.4. The lowest BCUT2D eigenvalue weighted by atomic mass is 9.90. The van der Waals surface area contributed by atoms with E-state index in [-0.39, 0.29) is 12.1 Å². The molecule has 1 saturated heterocycles. The second-order valence-corrected chi connectivity index (χ2v) is 6.28. The van der Waals surface area contributed by atoms with Crippen molar-refractivity contribution in [1.29, 1.82) is 0 Å². The summed E-state index contributed by atoms with van der Waals surface area (Å²) < 4.78 is 7.79. The van der Waals surface area contributed by atoms with Crippen LogP contribution in [0, 0.1) is 5.92 Å². The Labute approximate surface area is 126 Å². The Morgan fingerprint density at radius 1 is 1.55 bits per heavy atom. The summed E-state index contributed by atoms with van der Waals surface area (Å²) in [6, 6.07) is 0.519. The normalized spacial score (nSPS) is 24.5. The van der Waals surface area contributed by atoms with Crippen molar-refractivity contribution >= 4 is 11.6 Å². The molecule has 20 heavy (non-hydrogen) atoms. The summed E-state index contributed by atoms with van der Waals surface area (Å²) >= 11 is 6.42. The van der Waals surface area contributed by atoms with Gasteiger partial charge in [0.1, 0.15) is 0 Å². The Morgan fingerprint density at radius 3 is 2.85 bits per heavy atom. The van der Waals surface area contributed by atoms with E-state index in [4.69, 9.17) is 16.3 Å². The van der Waals surface area contributed by atoms with Crippen LogP contribution in [0.3, 0.4) is 0 Å². The average molecular weight is 300 g/mol. The van der Waals surface area contributed by atoms with Gasteiger partial charge < -0.3 is 10.1 Å². The van der Waals surface area contributed by atoms with Crippen molar-refractivity contribution in [3.8, 4) is 0 Å². The van der Waals surface area contributed by atoms with Gasteiger partial charge in [-0.1, -0.05) is 18.5 Å². The van der Waals surface area contributed by atoms with Crippen LogP contribution in [0.2, 0.25) is 5.02 Å². The monoisotopic (exact) mass is 299 g/mol. The fraction of sp³-hybridized carbons (Fsp3) is 0.800. The van der Waals surface area contributed by atoms with Gasteiger partial charge in [-0.15, -0.1) is 0 Å². The van der Waals surface area contributed by atoms with E-state index < -0.39 is 0 Å². The highest BCUT2D eigenvalue weighted by atomic mass is 35.5. The number of nitrogens with one attached hydrogen (secondary N) is 1. The second kappa shape index (κ2) is 6.92. The van der Waals surface area contributed by atoms with Crippen LogP contribution < -0.4 is 5.32 Å². The first kappa shape index (κ1) is 15.8. The van der Waals surface area contributed by atoms with Gasteiger partial charge in [0.2, 0.25) is 0 Å². The zero-order valence-electron chi connectivity index (χ0n) is 12.9. The molecule has 0 amide bonds. The third kappa shape index (κ3) is 3.18. The molecule has 5 heteroatoms. The zero-order chi connectivity index (χ0) is 14.7. The van der Waals surface area contributed by atoms with Crippen LogP contribution in [0.25, 0.3) is 0 Å². The quantitative estimate of drug-likeness (QED) is 0.872. The maximum absolute atomic E-state index is 6.42. The molecule has 3 unspecified atom stereocenters. The van der Waals surface area contributed by atoms with Gasteiger partial charge in [-0.2, -0.15) is 5.10 Å².